The number of nitrogens with zero attached hydrogens (tertiary/aromatic N) is 3. The van der Waals surface area contributed by atoms with Gasteiger partial charge in [-0.3, -0.25) is 0 Å². The van der Waals surface area contributed by atoms with Gasteiger partial charge >= 0.3 is 0 Å². The number of aromatic nitrogens is 3. The summed E-state index contributed by atoms with van der Waals surface area (Å²) in [7, 11) is 1.96. The van der Waals surface area contributed by atoms with E-state index < -0.39 is 0 Å². The molecule has 1 atom stereocenters. The van der Waals surface area contributed by atoms with Crippen LogP contribution in [0.3, 0.4) is 0 Å². The zero-order chi connectivity index (χ0) is 9.80. The molecule has 2 heterocycles. The molecule has 0 aromatic carbocycles. The van der Waals surface area contributed by atoms with Crippen LogP contribution < -0.4 is 0 Å². The normalized spacial score (nSPS) is 22.5. The third-order valence-corrected chi connectivity index (χ3v) is 3.51. The van der Waals surface area contributed by atoms with Gasteiger partial charge in [-0.05, 0) is 19.3 Å². The summed E-state index contributed by atoms with van der Waals surface area (Å²) >= 11 is 1.72. The van der Waals surface area contributed by atoms with E-state index in [1.165, 1.54) is 19.3 Å². The molecule has 0 radical (unpaired) electrons. The molecule has 1 aliphatic heterocycles. The van der Waals surface area contributed by atoms with Gasteiger partial charge in [-0.25, -0.2) is 0 Å². The fraction of sp³-hybridized carbons (Fsp3) is 0.778. The first-order chi connectivity index (χ1) is 6.86. The number of rotatable bonds is 3. The molecule has 1 saturated heterocycles. The Labute approximate surface area is 88.0 Å². The first-order valence-corrected chi connectivity index (χ1v) is 5.93. The van der Waals surface area contributed by atoms with Crippen molar-refractivity contribution in [2.45, 2.75) is 30.5 Å². The maximum Gasteiger partial charge on any atom is 0.190 e. The molecule has 0 aliphatic carbocycles. The van der Waals surface area contributed by atoms with Crippen molar-refractivity contribution in [2.24, 2.45) is 7.05 Å². The van der Waals surface area contributed by atoms with Gasteiger partial charge in [0.15, 0.2) is 5.16 Å². The lowest BCUT2D eigenvalue weighted by Gasteiger charge is -2.21. The second kappa shape index (κ2) is 4.79. The minimum absolute atomic E-state index is 0.408. The Morgan fingerprint density at radius 1 is 1.64 bits per heavy atom. The molecule has 1 aromatic heterocycles. The Morgan fingerprint density at radius 3 is 3.21 bits per heavy atom. The van der Waals surface area contributed by atoms with Gasteiger partial charge in [0.1, 0.15) is 6.33 Å². The monoisotopic (exact) mass is 213 g/mol. The summed E-state index contributed by atoms with van der Waals surface area (Å²) in [5.74, 6) is 0.993. The molecule has 5 heteroatoms. The van der Waals surface area contributed by atoms with Crippen molar-refractivity contribution in [2.75, 3.05) is 12.4 Å². The van der Waals surface area contributed by atoms with Gasteiger partial charge in [-0.2, -0.15) is 0 Å². The Hall–Kier alpha value is -0.550. The van der Waals surface area contributed by atoms with Crippen LogP contribution in [-0.2, 0) is 11.8 Å². The number of hydrogen-bond donors (Lipinski definition) is 0. The summed E-state index contributed by atoms with van der Waals surface area (Å²) < 4.78 is 7.58. The zero-order valence-electron chi connectivity index (χ0n) is 8.35. The predicted octanol–water partition coefficient (Wildman–Crippen LogP) is 1.48. The summed E-state index contributed by atoms with van der Waals surface area (Å²) in [6, 6.07) is 0. The third kappa shape index (κ3) is 2.48. The van der Waals surface area contributed by atoms with Crippen molar-refractivity contribution >= 4 is 11.8 Å². The molecule has 2 rings (SSSR count). The highest BCUT2D eigenvalue weighted by atomic mass is 32.2. The maximum absolute atomic E-state index is 5.64. The first kappa shape index (κ1) is 9.98. The molecule has 1 aliphatic rings. The van der Waals surface area contributed by atoms with Crippen LogP contribution in [0.15, 0.2) is 11.5 Å². The largest absolute Gasteiger partial charge is 0.377 e. The van der Waals surface area contributed by atoms with Crippen LogP contribution in [0.25, 0.3) is 0 Å². The van der Waals surface area contributed by atoms with E-state index in [-0.39, 0.29) is 0 Å². The van der Waals surface area contributed by atoms with Crippen molar-refractivity contribution in [3.8, 4) is 0 Å². The molecule has 0 bridgehead atoms. The lowest BCUT2D eigenvalue weighted by atomic mass is 10.1. The minimum Gasteiger partial charge on any atom is -0.377 e. The van der Waals surface area contributed by atoms with Crippen LogP contribution in [-0.4, -0.2) is 33.2 Å². The summed E-state index contributed by atoms with van der Waals surface area (Å²) in [6.07, 6.45) is 5.83. The fourth-order valence-electron chi connectivity index (χ4n) is 1.51. The standard InChI is InChI=1S/C9H15N3OS/c1-12-7-10-11-9(12)14-6-8-4-2-3-5-13-8/h7-8H,2-6H2,1H3/t8-/m1/s1. The van der Waals surface area contributed by atoms with E-state index in [2.05, 4.69) is 10.2 Å². The summed E-state index contributed by atoms with van der Waals surface area (Å²) in [5.41, 5.74) is 0. The van der Waals surface area contributed by atoms with E-state index >= 15 is 0 Å². The second-order valence-electron chi connectivity index (χ2n) is 3.52. The number of thioether (sulfide) groups is 1. The van der Waals surface area contributed by atoms with Crippen molar-refractivity contribution < 1.29 is 4.74 Å². The number of aryl methyl sites for hydroxylation is 1. The number of ether oxygens (including phenoxy) is 1. The van der Waals surface area contributed by atoms with Gasteiger partial charge in [-0.1, -0.05) is 11.8 Å². The first-order valence-electron chi connectivity index (χ1n) is 4.94. The van der Waals surface area contributed by atoms with E-state index in [9.17, 15) is 0 Å². The summed E-state index contributed by atoms with van der Waals surface area (Å²) in [5, 5.41) is 8.83. The Kier molecular flexibility index (Phi) is 3.42. The van der Waals surface area contributed by atoms with Crippen molar-refractivity contribution in [1.29, 1.82) is 0 Å². The maximum atomic E-state index is 5.64. The van der Waals surface area contributed by atoms with Gasteiger partial charge in [0.25, 0.3) is 0 Å². The van der Waals surface area contributed by atoms with Crippen LogP contribution in [0.1, 0.15) is 19.3 Å². The van der Waals surface area contributed by atoms with E-state index in [1.807, 2.05) is 11.6 Å². The molecule has 0 amide bonds. The Balaban J connectivity index is 1.79. The molecular formula is C9H15N3OS. The Morgan fingerprint density at radius 2 is 2.57 bits per heavy atom. The van der Waals surface area contributed by atoms with E-state index in [0.29, 0.717) is 6.10 Å². The van der Waals surface area contributed by atoms with Gasteiger partial charge < -0.3 is 9.30 Å². The highest BCUT2D eigenvalue weighted by Crippen LogP contribution is 2.21. The molecule has 1 fully saturated rings. The van der Waals surface area contributed by atoms with Crippen LogP contribution >= 0.6 is 11.8 Å². The predicted molar refractivity (Wildman–Crippen MR) is 55.3 cm³/mol. The molecule has 4 nitrogen and oxygen atoms in total. The highest BCUT2D eigenvalue weighted by molar-refractivity contribution is 7.99. The summed E-state index contributed by atoms with van der Waals surface area (Å²) in [4.78, 5) is 0. The van der Waals surface area contributed by atoms with Crippen molar-refractivity contribution in [3.05, 3.63) is 6.33 Å². The molecule has 0 unspecified atom stereocenters. The van der Waals surface area contributed by atoms with Crippen molar-refractivity contribution in [1.82, 2.24) is 14.8 Å². The molecule has 14 heavy (non-hydrogen) atoms. The average Bonchev–Trinajstić information content (AvgIpc) is 2.63. The smallest absolute Gasteiger partial charge is 0.190 e. The average molecular weight is 213 g/mol. The minimum atomic E-state index is 0.408. The van der Waals surface area contributed by atoms with Crippen molar-refractivity contribution in [3.63, 3.8) is 0 Å². The van der Waals surface area contributed by atoms with Gasteiger partial charge in [0, 0.05) is 19.4 Å². The zero-order valence-corrected chi connectivity index (χ0v) is 9.16. The van der Waals surface area contributed by atoms with Crippen LogP contribution in [0, 0.1) is 0 Å². The molecule has 0 spiro atoms. The van der Waals surface area contributed by atoms with E-state index in [4.69, 9.17) is 4.74 Å². The van der Waals surface area contributed by atoms with Crippen LogP contribution in [0.5, 0.6) is 0 Å². The second-order valence-corrected chi connectivity index (χ2v) is 4.51. The topological polar surface area (TPSA) is 39.9 Å². The lowest BCUT2D eigenvalue weighted by molar-refractivity contribution is 0.0315. The SMILES string of the molecule is Cn1cnnc1SC[C@H]1CCCCO1. The van der Waals surface area contributed by atoms with Crippen LogP contribution in [0.2, 0.25) is 0 Å². The quantitative estimate of drug-likeness (QED) is 0.713. The van der Waals surface area contributed by atoms with E-state index in [0.717, 1.165) is 17.5 Å². The van der Waals surface area contributed by atoms with E-state index in [1.54, 1.807) is 18.1 Å². The van der Waals surface area contributed by atoms with Crippen LogP contribution in [0.4, 0.5) is 0 Å². The molecule has 78 valence electrons. The van der Waals surface area contributed by atoms with Gasteiger partial charge in [-0.15, -0.1) is 10.2 Å². The third-order valence-electron chi connectivity index (χ3n) is 2.34. The number of hydrogen-bond acceptors (Lipinski definition) is 4. The van der Waals surface area contributed by atoms with Gasteiger partial charge in [0.05, 0.1) is 6.10 Å². The molecular weight excluding hydrogens is 198 g/mol. The summed E-state index contributed by atoms with van der Waals surface area (Å²) in [6.45, 7) is 0.921. The lowest BCUT2D eigenvalue weighted by Crippen LogP contribution is -2.21. The fourth-order valence-corrected chi connectivity index (χ4v) is 2.46. The van der Waals surface area contributed by atoms with Gasteiger partial charge in [0.2, 0.25) is 0 Å². The highest BCUT2D eigenvalue weighted by Gasteiger charge is 2.15. The molecule has 1 aromatic rings. The molecule has 0 N–H and O–H groups in total. The molecule has 0 saturated carbocycles. The Bertz CT molecular complexity index is 283.